The zero-order valence-corrected chi connectivity index (χ0v) is 13.3. The molecule has 1 atom stereocenters. The van der Waals surface area contributed by atoms with Gasteiger partial charge >= 0.3 is 0 Å². The first-order valence-electron chi connectivity index (χ1n) is 6.87. The summed E-state index contributed by atoms with van der Waals surface area (Å²) in [4.78, 5) is 2.56. The van der Waals surface area contributed by atoms with Crippen molar-refractivity contribution in [2.45, 2.75) is 57.3 Å². The minimum Gasteiger partial charge on any atom is -0.296 e. The topological polar surface area (TPSA) is 3.24 Å². The summed E-state index contributed by atoms with van der Waals surface area (Å²) in [7, 11) is 3.23. The maximum Gasteiger partial charge on any atom is 0.0161 e. The third-order valence-electron chi connectivity index (χ3n) is 4.45. The van der Waals surface area contributed by atoms with E-state index in [2.05, 4.69) is 70.0 Å². The van der Waals surface area contributed by atoms with Crippen LogP contribution in [0.1, 0.15) is 40.5 Å². The molecule has 1 nitrogen and oxygen atoms in total. The van der Waals surface area contributed by atoms with Crippen molar-refractivity contribution in [2.75, 3.05) is 7.05 Å². The average Bonchev–Trinajstić information content (AvgIpc) is 2.26. The predicted octanol–water partition coefficient (Wildman–Crippen LogP) is 3.64. The number of hydrogen-bond donors (Lipinski definition) is 0. The summed E-state index contributed by atoms with van der Waals surface area (Å²) < 4.78 is 0. The highest BCUT2D eigenvalue weighted by atomic mass is 31.1. The molecule has 2 rings (SSSR count). The molecule has 0 bridgehead atoms. The van der Waals surface area contributed by atoms with E-state index in [-0.39, 0.29) is 0 Å². The van der Waals surface area contributed by atoms with Crippen molar-refractivity contribution < 1.29 is 0 Å². The number of rotatable bonds is 2. The molecular weight excluding hydrogens is 237 g/mol. The van der Waals surface area contributed by atoms with E-state index in [0.29, 0.717) is 11.1 Å². The molecule has 18 heavy (non-hydrogen) atoms. The molecule has 100 valence electrons. The number of piperidine rings is 1. The molecule has 1 saturated heterocycles. The predicted molar refractivity (Wildman–Crippen MR) is 83.3 cm³/mol. The summed E-state index contributed by atoms with van der Waals surface area (Å²) in [6.45, 7) is 9.54. The lowest BCUT2D eigenvalue weighted by atomic mass is 9.80. The number of nitrogens with zero attached hydrogens (tertiary/aromatic N) is 1. The van der Waals surface area contributed by atoms with Gasteiger partial charge in [-0.05, 0) is 58.5 Å². The van der Waals surface area contributed by atoms with Crippen molar-refractivity contribution >= 4 is 13.9 Å². The lowest BCUT2D eigenvalue weighted by Crippen LogP contribution is -2.59. The molecule has 1 heterocycles. The van der Waals surface area contributed by atoms with Crippen molar-refractivity contribution in [1.82, 2.24) is 4.90 Å². The van der Waals surface area contributed by atoms with Gasteiger partial charge < -0.3 is 0 Å². The molecule has 1 aliphatic heterocycles. The number of benzene rings is 1. The monoisotopic (exact) mass is 263 g/mol. The van der Waals surface area contributed by atoms with E-state index in [1.165, 1.54) is 18.1 Å². The maximum absolute atomic E-state index is 2.56. The van der Waals surface area contributed by atoms with Crippen LogP contribution < -0.4 is 5.30 Å². The summed E-state index contributed by atoms with van der Waals surface area (Å²) in [6, 6.07) is 11.0. The summed E-state index contributed by atoms with van der Waals surface area (Å²) in [5.74, 6) is 0. The lowest BCUT2D eigenvalue weighted by molar-refractivity contribution is 0.000944. The summed E-state index contributed by atoms with van der Waals surface area (Å²) in [5.41, 5.74) is 1.45. The highest BCUT2D eigenvalue weighted by Crippen LogP contribution is 2.43. The van der Waals surface area contributed by atoms with Gasteiger partial charge in [0.1, 0.15) is 0 Å². The zero-order chi connectivity index (χ0) is 13.4. The Balaban J connectivity index is 2.12. The van der Waals surface area contributed by atoms with Crippen LogP contribution >= 0.6 is 8.58 Å². The van der Waals surface area contributed by atoms with E-state index < -0.39 is 0 Å². The van der Waals surface area contributed by atoms with Crippen LogP contribution in [0.4, 0.5) is 0 Å². The Kier molecular flexibility index (Phi) is 3.85. The first-order valence-corrected chi connectivity index (χ1v) is 7.94. The third kappa shape index (κ3) is 2.95. The molecular formula is C16H26NP. The van der Waals surface area contributed by atoms with Crippen LogP contribution in [0.3, 0.4) is 0 Å². The van der Waals surface area contributed by atoms with E-state index in [0.717, 1.165) is 14.2 Å². The molecule has 1 unspecified atom stereocenters. The second kappa shape index (κ2) is 4.94. The Morgan fingerprint density at radius 2 is 1.50 bits per heavy atom. The highest BCUT2D eigenvalue weighted by molar-refractivity contribution is 7.48. The van der Waals surface area contributed by atoms with Gasteiger partial charge in [-0.2, -0.15) is 0 Å². The largest absolute Gasteiger partial charge is 0.296 e. The standard InChI is InChI=1S/C16H26NP/c1-15(2)11-14(12-16(3,4)17(15)5)18-13-9-7-6-8-10-13/h6-10,14,18H,11-12H2,1-5H3. The van der Waals surface area contributed by atoms with E-state index in [1.807, 2.05) is 0 Å². The summed E-state index contributed by atoms with van der Waals surface area (Å²) in [5, 5.41) is 1.51. The van der Waals surface area contributed by atoms with Gasteiger partial charge in [-0.15, -0.1) is 0 Å². The van der Waals surface area contributed by atoms with Crippen molar-refractivity contribution in [1.29, 1.82) is 0 Å². The first-order chi connectivity index (χ1) is 8.31. The van der Waals surface area contributed by atoms with Crippen LogP contribution in [0.15, 0.2) is 30.3 Å². The lowest BCUT2D eigenvalue weighted by Gasteiger charge is -2.53. The molecule has 2 heteroatoms. The van der Waals surface area contributed by atoms with Gasteiger partial charge in [0, 0.05) is 11.1 Å². The molecule has 0 aromatic heterocycles. The fourth-order valence-corrected chi connectivity index (χ4v) is 5.30. The molecule has 1 fully saturated rings. The van der Waals surface area contributed by atoms with Crippen LogP contribution in [-0.2, 0) is 0 Å². The van der Waals surface area contributed by atoms with Crippen molar-refractivity contribution in [3.8, 4) is 0 Å². The Morgan fingerprint density at radius 3 is 2.00 bits per heavy atom. The maximum atomic E-state index is 2.56. The quantitative estimate of drug-likeness (QED) is 0.736. The van der Waals surface area contributed by atoms with Crippen LogP contribution in [0, 0.1) is 0 Å². The zero-order valence-electron chi connectivity index (χ0n) is 12.3. The number of hydrogen-bond acceptors (Lipinski definition) is 1. The number of likely N-dealkylation sites (tertiary alicyclic amines) is 1. The normalized spacial score (nSPS) is 24.7. The first kappa shape index (κ1) is 14.0. The molecule has 0 N–H and O–H groups in total. The van der Waals surface area contributed by atoms with Crippen LogP contribution in [-0.4, -0.2) is 28.7 Å². The van der Waals surface area contributed by atoms with E-state index in [4.69, 9.17) is 0 Å². The summed E-state index contributed by atoms with van der Waals surface area (Å²) in [6.07, 6.45) is 2.61. The van der Waals surface area contributed by atoms with Crippen molar-refractivity contribution in [3.05, 3.63) is 30.3 Å². The molecule has 0 spiro atoms. The molecule has 0 aliphatic carbocycles. The van der Waals surface area contributed by atoms with Crippen molar-refractivity contribution in [3.63, 3.8) is 0 Å². The third-order valence-corrected chi connectivity index (χ3v) is 5.94. The SMILES string of the molecule is CN1C(C)(C)CC(Pc2ccccc2)CC1(C)C. The van der Waals surface area contributed by atoms with Gasteiger partial charge in [0.2, 0.25) is 0 Å². The molecule has 0 radical (unpaired) electrons. The van der Waals surface area contributed by atoms with Gasteiger partial charge in [-0.1, -0.05) is 38.9 Å². The van der Waals surface area contributed by atoms with E-state index in [1.54, 1.807) is 0 Å². The van der Waals surface area contributed by atoms with Crippen LogP contribution in [0.25, 0.3) is 0 Å². The Morgan fingerprint density at radius 1 is 1.00 bits per heavy atom. The molecule has 1 aromatic rings. The minimum atomic E-state index is 0.314. The molecule has 1 aliphatic rings. The van der Waals surface area contributed by atoms with Gasteiger partial charge in [-0.3, -0.25) is 4.90 Å². The van der Waals surface area contributed by atoms with Crippen LogP contribution in [0.5, 0.6) is 0 Å². The Hall–Kier alpha value is -0.390. The molecule has 1 aromatic carbocycles. The fraction of sp³-hybridized carbons (Fsp3) is 0.625. The van der Waals surface area contributed by atoms with Crippen LogP contribution in [0.2, 0.25) is 0 Å². The summed E-state index contributed by atoms with van der Waals surface area (Å²) >= 11 is 0. The van der Waals surface area contributed by atoms with Gasteiger partial charge in [0.05, 0.1) is 0 Å². The van der Waals surface area contributed by atoms with Gasteiger partial charge in [-0.25, -0.2) is 0 Å². The Labute approximate surface area is 114 Å². The molecule has 0 amide bonds. The minimum absolute atomic E-state index is 0.314. The smallest absolute Gasteiger partial charge is 0.0161 e. The second-order valence-corrected chi connectivity index (χ2v) is 8.48. The average molecular weight is 263 g/mol. The van der Waals surface area contributed by atoms with Crippen molar-refractivity contribution in [2.24, 2.45) is 0 Å². The fourth-order valence-electron chi connectivity index (χ4n) is 3.24. The second-order valence-electron chi connectivity index (χ2n) is 6.80. The molecule has 0 saturated carbocycles. The highest BCUT2D eigenvalue weighted by Gasteiger charge is 2.42. The van der Waals surface area contributed by atoms with E-state index in [9.17, 15) is 0 Å². The van der Waals surface area contributed by atoms with Gasteiger partial charge in [0.15, 0.2) is 0 Å². The van der Waals surface area contributed by atoms with Gasteiger partial charge in [0.25, 0.3) is 0 Å². The Bertz CT molecular complexity index is 379. The van der Waals surface area contributed by atoms with E-state index >= 15 is 0 Å².